The number of thiophene rings is 1. The van der Waals surface area contributed by atoms with E-state index in [-0.39, 0.29) is 17.8 Å². The second-order valence-corrected chi connectivity index (χ2v) is 6.28. The Hall–Kier alpha value is -2.54. The first-order chi connectivity index (χ1) is 11.0. The molecule has 4 nitrogen and oxygen atoms in total. The maximum atomic E-state index is 13.5. The predicted molar refractivity (Wildman–Crippen MR) is 84.2 cm³/mol. The van der Waals surface area contributed by atoms with Crippen molar-refractivity contribution < 1.29 is 13.6 Å². The largest absolute Gasteiger partial charge is 0.346 e. The SMILES string of the molecule is Cc1ccc(-c2cc(C(=O)NCc3cc(F)ccc3F)n[nH]2)s1. The predicted octanol–water partition coefficient (Wildman–Crippen LogP) is 3.65. The van der Waals surface area contributed by atoms with E-state index in [1.807, 2.05) is 19.1 Å². The second kappa shape index (κ2) is 6.29. The van der Waals surface area contributed by atoms with Crippen LogP contribution in [0, 0.1) is 18.6 Å². The number of halogens is 2. The van der Waals surface area contributed by atoms with Gasteiger partial charge in [0.15, 0.2) is 5.69 Å². The third kappa shape index (κ3) is 3.45. The van der Waals surface area contributed by atoms with Crippen LogP contribution in [0.4, 0.5) is 8.78 Å². The van der Waals surface area contributed by atoms with Crippen molar-refractivity contribution >= 4 is 17.2 Å². The lowest BCUT2D eigenvalue weighted by molar-refractivity contribution is 0.0945. The van der Waals surface area contributed by atoms with Crippen molar-refractivity contribution in [1.82, 2.24) is 15.5 Å². The number of hydrogen-bond acceptors (Lipinski definition) is 3. The summed E-state index contributed by atoms with van der Waals surface area (Å²) in [5.41, 5.74) is 1.02. The number of aryl methyl sites for hydroxylation is 1. The Labute approximate surface area is 135 Å². The van der Waals surface area contributed by atoms with Gasteiger partial charge in [-0.15, -0.1) is 11.3 Å². The summed E-state index contributed by atoms with van der Waals surface area (Å²) < 4.78 is 26.6. The summed E-state index contributed by atoms with van der Waals surface area (Å²) in [5, 5.41) is 9.28. The Morgan fingerprint density at radius 1 is 1.26 bits per heavy atom. The topological polar surface area (TPSA) is 57.8 Å². The molecule has 0 spiro atoms. The van der Waals surface area contributed by atoms with Gasteiger partial charge in [-0.05, 0) is 43.3 Å². The van der Waals surface area contributed by atoms with Gasteiger partial charge in [0.25, 0.3) is 5.91 Å². The van der Waals surface area contributed by atoms with Crippen molar-refractivity contribution in [3.05, 3.63) is 64.2 Å². The maximum Gasteiger partial charge on any atom is 0.272 e. The minimum absolute atomic E-state index is 0.0861. The summed E-state index contributed by atoms with van der Waals surface area (Å²) in [5.74, 6) is -1.57. The summed E-state index contributed by atoms with van der Waals surface area (Å²) in [7, 11) is 0. The van der Waals surface area contributed by atoms with E-state index in [2.05, 4.69) is 15.5 Å². The van der Waals surface area contributed by atoms with Crippen LogP contribution in [-0.2, 0) is 6.54 Å². The van der Waals surface area contributed by atoms with E-state index in [9.17, 15) is 13.6 Å². The van der Waals surface area contributed by atoms with E-state index in [0.29, 0.717) is 0 Å². The smallest absolute Gasteiger partial charge is 0.272 e. The fourth-order valence-corrected chi connectivity index (χ4v) is 2.92. The molecule has 0 aliphatic rings. The van der Waals surface area contributed by atoms with Crippen LogP contribution in [0.5, 0.6) is 0 Å². The minimum Gasteiger partial charge on any atom is -0.346 e. The minimum atomic E-state index is -0.566. The molecule has 2 aromatic heterocycles. The molecule has 0 bridgehead atoms. The number of H-pyrrole nitrogens is 1. The number of aromatic amines is 1. The normalized spacial score (nSPS) is 10.7. The number of rotatable bonds is 4. The average Bonchev–Trinajstić information content (AvgIpc) is 3.16. The lowest BCUT2D eigenvalue weighted by atomic mass is 10.2. The molecule has 3 aromatic rings. The van der Waals surface area contributed by atoms with Gasteiger partial charge in [-0.2, -0.15) is 5.10 Å². The number of hydrogen-bond donors (Lipinski definition) is 2. The standard InChI is InChI=1S/C16H13F2N3OS/c1-9-2-5-15(23-9)13-7-14(21-20-13)16(22)19-8-10-6-11(17)3-4-12(10)18/h2-7H,8H2,1H3,(H,19,22)(H,20,21). The van der Waals surface area contributed by atoms with Gasteiger partial charge in [-0.25, -0.2) is 8.78 Å². The third-order valence-corrected chi connectivity index (χ3v) is 4.30. The Bertz CT molecular complexity index is 857. The van der Waals surface area contributed by atoms with Gasteiger partial charge in [-0.3, -0.25) is 9.89 Å². The van der Waals surface area contributed by atoms with Crippen molar-refractivity contribution in [3.63, 3.8) is 0 Å². The zero-order valence-electron chi connectivity index (χ0n) is 12.2. The summed E-state index contributed by atoms with van der Waals surface area (Å²) in [6.45, 7) is 1.88. The van der Waals surface area contributed by atoms with Crippen LogP contribution in [0.25, 0.3) is 10.6 Å². The molecule has 0 fully saturated rings. The number of nitrogens with zero attached hydrogens (tertiary/aromatic N) is 1. The van der Waals surface area contributed by atoms with Gasteiger partial charge in [-0.1, -0.05) is 0 Å². The number of benzene rings is 1. The molecule has 0 aliphatic heterocycles. The molecular weight excluding hydrogens is 320 g/mol. The Balaban J connectivity index is 1.69. The molecule has 0 atom stereocenters. The van der Waals surface area contributed by atoms with Crippen molar-refractivity contribution in [2.75, 3.05) is 0 Å². The Kier molecular flexibility index (Phi) is 4.20. The molecule has 1 aromatic carbocycles. The molecule has 118 valence electrons. The average molecular weight is 333 g/mol. The van der Waals surface area contributed by atoms with Crippen molar-refractivity contribution in [2.45, 2.75) is 13.5 Å². The zero-order valence-corrected chi connectivity index (χ0v) is 13.0. The van der Waals surface area contributed by atoms with Crippen LogP contribution < -0.4 is 5.32 Å². The molecule has 1 amide bonds. The van der Waals surface area contributed by atoms with Gasteiger partial charge >= 0.3 is 0 Å². The quantitative estimate of drug-likeness (QED) is 0.765. The first kappa shape index (κ1) is 15.4. The van der Waals surface area contributed by atoms with Gasteiger partial charge in [0, 0.05) is 17.0 Å². The Morgan fingerprint density at radius 2 is 2.09 bits per heavy atom. The fraction of sp³-hybridized carbons (Fsp3) is 0.125. The monoisotopic (exact) mass is 333 g/mol. The molecule has 2 N–H and O–H groups in total. The lowest BCUT2D eigenvalue weighted by Gasteiger charge is -2.04. The Morgan fingerprint density at radius 3 is 2.83 bits per heavy atom. The molecule has 0 radical (unpaired) electrons. The van der Waals surface area contributed by atoms with Crippen LogP contribution >= 0.6 is 11.3 Å². The molecule has 0 saturated heterocycles. The number of aromatic nitrogens is 2. The summed E-state index contributed by atoms with van der Waals surface area (Å²) in [6, 6.07) is 8.67. The number of nitrogens with one attached hydrogen (secondary N) is 2. The number of amides is 1. The molecule has 7 heteroatoms. The second-order valence-electron chi connectivity index (χ2n) is 5.00. The summed E-state index contributed by atoms with van der Waals surface area (Å²) in [4.78, 5) is 14.2. The summed E-state index contributed by atoms with van der Waals surface area (Å²) in [6.07, 6.45) is 0. The molecule has 3 rings (SSSR count). The van der Waals surface area contributed by atoms with E-state index < -0.39 is 17.5 Å². The highest BCUT2D eigenvalue weighted by molar-refractivity contribution is 7.15. The van der Waals surface area contributed by atoms with Gasteiger partial charge in [0.05, 0.1) is 10.6 Å². The highest BCUT2D eigenvalue weighted by Crippen LogP contribution is 2.26. The van der Waals surface area contributed by atoms with E-state index in [1.165, 1.54) is 0 Å². The molecule has 2 heterocycles. The van der Waals surface area contributed by atoms with E-state index in [1.54, 1.807) is 17.4 Å². The third-order valence-electron chi connectivity index (χ3n) is 3.26. The van der Waals surface area contributed by atoms with Crippen LogP contribution in [-0.4, -0.2) is 16.1 Å². The highest BCUT2D eigenvalue weighted by atomic mass is 32.1. The molecule has 0 aliphatic carbocycles. The van der Waals surface area contributed by atoms with Crippen LogP contribution in [0.2, 0.25) is 0 Å². The molecule has 0 unspecified atom stereocenters. The van der Waals surface area contributed by atoms with Crippen LogP contribution in [0.15, 0.2) is 36.4 Å². The van der Waals surface area contributed by atoms with Gasteiger partial charge < -0.3 is 5.32 Å². The van der Waals surface area contributed by atoms with Crippen molar-refractivity contribution in [1.29, 1.82) is 0 Å². The highest BCUT2D eigenvalue weighted by Gasteiger charge is 2.13. The van der Waals surface area contributed by atoms with Crippen molar-refractivity contribution in [3.8, 4) is 10.6 Å². The van der Waals surface area contributed by atoms with E-state index in [4.69, 9.17) is 0 Å². The van der Waals surface area contributed by atoms with E-state index >= 15 is 0 Å². The lowest BCUT2D eigenvalue weighted by Crippen LogP contribution is -2.23. The maximum absolute atomic E-state index is 13.5. The van der Waals surface area contributed by atoms with Crippen LogP contribution in [0.1, 0.15) is 20.9 Å². The van der Waals surface area contributed by atoms with Gasteiger partial charge in [0.1, 0.15) is 11.6 Å². The van der Waals surface area contributed by atoms with Crippen LogP contribution in [0.3, 0.4) is 0 Å². The van der Waals surface area contributed by atoms with E-state index in [0.717, 1.165) is 33.6 Å². The number of carbonyl (C=O) groups is 1. The zero-order chi connectivity index (χ0) is 16.4. The van der Waals surface area contributed by atoms with Gasteiger partial charge in [0.2, 0.25) is 0 Å². The van der Waals surface area contributed by atoms with Crippen molar-refractivity contribution in [2.24, 2.45) is 0 Å². The first-order valence-corrected chi connectivity index (χ1v) is 7.69. The fourth-order valence-electron chi connectivity index (χ4n) is 2.09. The molecule has 23 heavy (non-hydrogen) atoms. The first-order valence-electron chi connectivity index (χ1n) is 6.87. The number of carbonyl (C=O) groups excluding carboxylic acids is 1. The molecule has 0 saturated carbocycles. The molecular formula is C16H13F2N3OS. The summed E-state index contributed by atoms with van der Waals surface area (Å²) >= 11 is 1.59.